The van der Waals surface area contributed by atoms with E-state index in [1.807, 2.05) is 0 Å². The smallest absolute Gasteiger partial charge is 0.169 e. The van der Waals surface area contributed by atoms with Crippen molar-refractivity contribution >= 4 is 17.3 Å². The van der Waals surface area contributed by atoms with Gasteiger partial charge in [0, 0.05) is 21.8 Å². The fourth-order valence-corrected chi connectivity index (χ4v) is 2.04. The fraction of sp³-hybridized carbons (Fsp3) is 0.0769. The highest BCUT2D eigenvalue weighted by Gasteiger charge is 2.30. The second kappa shape index (κ2) is 4.37. The largest absolute Gasteiger partial charge is 0.398 e. The summed E-state index contributed by atoms with van der Waals surface area (Å²) in [6.45, 7) is 0. The maximum absolute atomic E-state index is 10.4. The molecule has 3 nitrogen and oxygen atoms in total. The molecule has 2 rings (SSSR count). The Labute approximate surface area is 105 Å². The van der Waals surface area contributed by atoms with Gasteiger partial charge in [-0.3, -0.25) is 5.73 Å². The van der Waals surface area contributed by atoms with Gasteiger partial charge in [0.15, 0.2) is 5.72 Å². The number of nitrogens with two attached hydrogens (primary N) is 2. The van der Waals surface area contributed by atoms with Gasteiger partial charge >= 0.3 is 0 Å². The third-order valence-corrected chi connectivity index (χ3v) is 2.99. The summed E-state index contributed by atoms with van der Waals surface area (Å²) in [5.74, 6) is 0. The van der Waals surface area contributed by atoms with Gasteiger partial charge in [-0.15, -0.1) is 0 Å². The molecule has 88 valence electrons. The summed E-state index contributed by atoms with van der Waals surface area (Å²) in [6.07, 6.45) is 0. The first-order valence-electron chi connectivity index (χ1n) is 5.14. The summed E-state index contributed by atoms with van der Waals surface area (Å²) >= 11 is 6.03. The van der Waals surface area contributed by atoms with E-state index in [4.69, 9.17) is 23.1 Å². The minimum atomic E-state index is -1.69. The molecule has 0 saturated heterocycles. The van der Waals surface area contributed by atoms with Gasteiger partial charge in [0.05, 0.1) is 0 Å². The van der Waals surface area contributed by atoms with E-state index < -0.39 is 5.72 Å². The summed E-state index contributed by atoms with van der Waals surface area (Å²) in [5, 5.41) is 10.8. The first-order valence-corrected chi connectivity index (χ1v) is 5.52. The van der Waals surface area contributed by atoms with Gasteiger partial charge < -0.3 is 10.8 Å². The monoisotopic (exact) mass is 248 g/mol. The molecule has 17 heavy (non-hydrogen) atoms. The van der Waals surface area contributed by atoms with Crippen LogP contribution in [0.25, 0.3) is 0 Å². The van der Waals surface area contributed by atoms with Crippen molar-refractivity contribution in [3.05, 3.63) is 64.7 Å². The Kier molecular flexibility index (Phi) is 3.07. The summed E-state index contributed by atoms with van der Waals surface area (Å²) in [7, 11) is 0. The van der Waals surface area contributed by atoms with Crippen molar-refractivity contribution in [1.29, 1.82) is 0 Å². The van der Waals surface area contributed by atoms with Crippen molar-refractivity contribution < 1.29 is 5.11 Å². The van der Waals surface area contributed by atoms with Crippen LogP contribution in [0.4, 0.5) is 5.69 Å². The van der Waals surface area contributed by atoms with E-state index in [-0.39, 0.29) is 0 Å². The lowest BCUT2D eigenvalue weighted by Gasteiger charge is -2.26. The second-order valence-corrected chi connectivity index (χ2v) is 4.24. The Balaban J connectivity index is 2.58. The van der Waals surface area contributed by atoms with Gasteiger partial charge in [-0.05, 0) is 12.1 Å². The zero-order chi connectivity index (χ0) is 12.5. The van der Waals surface area contributed by atoms with Crippen molar-refractivity contribution in [3.63, 3.8) is 0 Å². The minimum absolute atomic E-state index is 0.403. The molecule has 0 aliphatic heterocycles. The van der Waals surface area contributed by atoms with E-state index >= 15 is 0 Å². The molecule has 4 heteroatoms. The first-order chi connectivity index (χ1) is 8.03. The topological polar surface area (TPSA) is 72.3 Å². The molecule has 0 aliphatic rings. The number of hydrogen-bond donors (Lipinski definition) is 3. The highest BCUT2D eigenvalue weighted by molar-refractivity contribution is 6.31. The van der Waals surface area contributed by atoms with Crippen LogP contribution < -0.4 is 11.5 Å². The third kappa shape index (κ3) is 2.13. The number of halogens is 1. The molecule has 0 radical (unpaired) electrons. The molecule has 0 heterocycles. The third-order valence-electron chi connectivity index (χ3n) is 2.66. The van der Waals surface area contributed by atoms with E-state index in [0.717, 1.165) is 0 Å². The zero-order valence-corrected chi connectivity index (χ0v) is 9.85. The lowest BCUT2D eigenvalue weighted by atomic mass is 9.94. The normalized spacial score (nSPS) is 14.3. The summed E-state index contributed by atoms with van der Waals surface area (Å²) in [4.78, 5) is 0. The number of para-hydroxylation sites is 1. The predicted octanol–water partition coefficient (Wildman–Crippen LogP) is 2.07. The van der Waals surface area contributed by atoms with E-state index in [1.54, 1.807) is 48.5 Å². The van der Waals surface area contributed by atoms with Crippen LogP contribution in [0.15, 0.2) is 48.5 Å². The van der Waals surface area contributed by atoms with E-state index in [2.05, 4.69) is 0 Å². The number of benzene rings is 2. The average molecular weight is 249 g/mol. The van der Waals surface area contributed by atoms with Crippen LogP contribution in [0.3, 0.4) is 0 Å². The molecule has 1 atom stereocenters. The maximum atomic E-state index is 10.4. The molecule has 0 fully saturated rings. The van der Waals surface area contributed by atoms with Crippen molar-refractivity contribution in [3.8, 4) is 0 Å². The van der Waals surface area contributed by atoms with Crippen LogP contribution in [0.5, 0.6) is 0 Å². The minimum Gasteiger partial charge on any atom is -0.398 e. The van der Waals surface area contributed by atoms with Crippen molar-refractivity contribution in [2.24, 2.45) is 5.73 Å². The zero-order valence-electron chi connectivity index (χ0n) is 9.10. The molecular formula is C13H13ClN2O. The van der Waals surface area contributed by atoms with Crippen molar-refractivity contribution in [2.45, 2.75) is 5.72 Å². The first kappa shape index (κ1) is 11.9. The molecule has 2 aromatic rings. The van der Waals surface area contributed by atoms with Crippen molar-refractivity contribution in [1.82, 2.24) is 0 Å². The van der Waals surface area contributed by atoms with Gasteiger partial charge in [-0.25, -0.2) is 0 Å². The van der Waals surface area contributed by atoms with Crippen LogP contribution in [0.1, 0.15) is 11.1 Å². The molecule has 2 aromatic carbocycles. The van der Waals surface area contributed by atoms with Gasteiger partial charge in [0.2, 0.25) is 0 Å². The van der Waals surface area contributed by atoms with E-state index in [1.165, 1.54) is 0 Å². The van der Waals surface area contributed by atoms with E-state index in [0.29, 0.717) is 21.8 Å². The molecular weight excluding hydrogens is 236 g/mol. The quantitative estimate of drug-likeness (QED) is 0.563. The molecule has 0 saturated carbocycles. The van der Waals surface area contributed by atoms with Crippen LogP contribution in [0.2, 0.25) is 5.02 Å². The molecule has 0 aliphatic carbocycles. The average Bonchev–Trinajstić information content (AvgIpc) is 2.29. The second-order valence-electron chi connectivity index (χ2n) is 3.83. The lowest BCUT2D eigenvalue weighted by Crippen LogP contribution is -2.38. The van der Waals surface area contributed by atoms with Gasteiger partial charge in [-0.1, -0.05) is 48.0 Å². The summed E-state index contributed by atoms with van der Waals surface area (Å²) in [5.41, 5.74) is 11.4. The Hall–Kier alpha value is -1.55. The number of nitrogen functional groups attached to an aromatic ring is 1. The standard InChI is InChI=1S/C13H13ClN2O/c14-11-7-3-1-5-9(11)13(16,17)10-6-2-4-8-12(10)15/h1-8,17H,15-16H2. The molecule has 1 unspecified atom stereocenters. The highest BCUT2D eigenvalue weighted by Crippen LogP contribution is 2.32. The molecule has 0 aromatic heterocycles. The van der Waals surface area contributed by atoms with Gasteiger partial charge in [0.25, 0.3) is 0 Å². The predicted molar refractivity (Wildman–Crippen MR) is 69.5 cm³/mol. The molecule has 0 spiro atoms. The maximum Gasteiger partial charge on any atom is 0.169 e. The molecule has 0 amide bonds. The Morgan fingerprint density at radius 3 is 2.06 bits per heavy atom. The number of anilines is 1. The number of hydrogen-bond acceptors (Lipinski definition) is 3. The highest BCUT2D eigenvalue weighted by atomic mass is 35.5. The van der Waals surface area contributed by atoms with Crippen LogP contribution in [-0.2, 0) is 5.72 Å². The number of rotatable bonds is 2. The van der Waals surface area contributed by atoms with Crippen LogP contribution >= 0.6 is 11.6 Å². The Bertz CT molecular complexity index is 493. The Morgan fingerprint density at radius 2 is 1.47 bits per heavy atom. The summed E-state index contributed by atoms with van der Waals surface area (Å²) < 4.78 is 0. The van der Waals surface area contributed by atoms with E-state index in [9.17, 15) is 5.11 Å². The van der Waals surface area contributed by atoms with Gasteiger partial charge in [0.1, 0.15) is 0 Å². The fourth-order valence-electron chi connectivity index (χ4n) is 1.76. The van der Waals surface area contributed by atoms with Crippen LogP contribution in [0, 0.1) is 0 Å². The Morgan fingerprint density at radius 1 is 0.941 bits per heavy atom. The van der Waals surface area contributed by atoms with Crippen molar-refractivity contribution in [2.75, 3.05) is 5.73 Å². The lowest BCUT2D eigenvalue weighted by molar-refractivity contribution is 0.0893. The van der Waals surface area contributed by atoms with Crippen LogP contribution in [-0.4, -0.2) is 5.11 Å². The number of aliphatic hydroxyl groups is 1. The summed E-state index contributed by atoms with van der Waals surface area (Å²) in [6, 6.07) is 13.8. The van der Waals surface area contributed by atoms with Gasteiger partial charge in [-0.2, -0.15) is 0 Å². The molecule has 0 bridgehead atoms. The molecule has 5 N–H and O–H groups in total. The SMILES string of the molecule is Nc1ccccc1C(N)(O)c1ccccc1Cl.